The summed E-state index contributed by atoms with van der Waals surface area (Å²) < 4.78 is 5.20. The zero-order chi connectivity index (χ0) is 13.6. The predicted molar refractivity (Wildman–Crippen MR) is 66.7 cm³/mol. The van der Waals surface area contributed by atoms with Crippen molar-refractivity contribution in [2.75, 3.05) is 26.8 Å². The van der Waals surface area contributed by atoms with Crippen LogP contribution in [0.4, 0.5) is 0 Å². The summed E-state index contributed by atoms with van der Waals surface area (Å²) in [6.07, 6.45) is 2.45. The molecular formula is C13H22N2O3. The number of aliphatic hydroxyl groups is 1. The lowest BCUT2D eigenvalue weighted by molar-refractivity contribution is -0.139. The Balaban J connectivity index is 2.55. The Kier molecular flexibility index (Phi) is 5.57. The molecular weight excluding hydrogens is 232 g/mol. The first-order chi connectivity index (χ1) is 8.52. The average Bonchev–Trinajstić information content (AvgIpc) is 2.35. The van der Waals surface area contributed by atoms with E-state index >= 15 is 0 Å². The number of nitriles is 1. The van der Waals surface area contributed by atoms with Crippen LogP contribution in [0.25, 0.3) is 0 Å². The van der Waals surface area contributed by atoms with Crippen LogP contribution in [-0.4, -0.2) is 48.3 Å². The van der Waals surface area contributed by atoms with Gasteiger partial charge in [-0.25, -0.2) is 0 Å². The molecule has 1 aliphatic heterocycles. The van der Waals surface area contributed by atoms with Crippen molar-refractivity contribution in [1.82, 2.24) is 4.90 Å². The molecule has 1 unspecified atom stereocenters. The van der Waals surface area contributed by atoms with Crippen molar-refractivity contribution in [3.8, 4) is 6.07 Å². The summed E-state index contributed by atoms with van der Waals surface area (Å²) in [5, 5.41) is 19.3. The molecule has 0 aromatic heterocycles. The molecule has 0 aliphatic carbocycles. The normalized spacial score (nSPS) is 19.9. The predicted octanol–water partition coefficient (Wildman–Crippen LogP) is 0.926. The Bertz CT molecular complexity index is 319. The van der Waals surface area contributed by atoms with Gasteiger partial charge in [0.05, 0.1) is 11.7 Å². The number of rotatable bonds is 5. The quantitative estimate of drug-likeness (QED) is 0.792. The summed E-state index contributed by atoms with van der Waals surface area (Å²) in [5.74, 6) is -0.789. The van der Waals surface area contributed by atoms with Gasteiger partial charge in [-0.2, -0.15) is 5.26 Å². The topological polar surface area (TPSA) is 73.6 Å². The number of hydrogen-bond acceptors (Lipinski definition) is 4. The molecule has 0 bridgehead atoms. The van der Waals surface area contributed by atoms with Crippen molar-refractivity contribution >= 4 is 5.91 Å². The largest absolute Gasteiger partial charge is 0.388 e. The summed E-state index contributed by atoms with van der Waals surface area (Å²) in [7, 11) is 1.65. The number of amides is 1. The van der Waals surface area contributed by atoms with E-state index in [1.54, 1.807) is 7.05 Å². The van der Waals surface area contributed by atoms with Crippen LogP contribution >= 0.6 is 0 Å². The Morgan fingerprint density at radius 1 is 1.56 bits per heavy atom. The fourth-order valence-electron chi connectivity index (χ4n) is 2.23. The van der Waals surface area contributed by atoms with E-state index in [0.717, 1.165) is 6.42 Å². The summed E-state index contributed by atoms with van der Waals surface area (Å²) >= 11 is 0. The maximum Gasteiger partial charge on any atom is 0.239 e. The molecule has 1 fully saturated rings. The third kappa shape index (κ3) is 3.97. The highest BCUT2D eigenvalue weighted by atomic mass is 16.5. The molecule has 0 spiro atoms. The highest BCUT2D eigenvalue weighted by molar-refractivity contribution is 5.81. The van der Waals surface area contributed by atoms with Gasteiger partial charge in [0.1, 0.15) is 5.92 Å². The molecule has 1 aliphatic rings. The van der Waals surface area contributed by atoms with E-state index in [0.29, 0.717) is 32.5 Å². The summed E-state index contributed by atoms with van der Waals surface area (Å²) in [5.41, 5.74) is -0.866. The van der Waals surface area contributed by atoms with E-state index in [-0.39, 0.29) is 12.5 Å². The van der Waals surface area contributed by atoms with E-state index in [1.807, 2.05) is 13.0 Å². The van der Waals surface area contributed by atoms with Gasteiger partial charge in [-0.1, -0.05) is 13.3 Å². The Morgan fingerprint density at radius 3 is 2.67 bits per heavy atom. The number of hydrogen-bond donors (Lipinski definition) is 1. The van der Waals surface area contributed by atoms with Crippen LogP contribution in [0.15, 0.2) is 0 Å². The minimum atomic E-state index is -0.866. The molecule has 1 rings (SSSR count). The maximum atomic E-state index is 12.0. The fourth-order valence-corrected chi connectivity index (χ4v) is 2.23. The van der Waals surface area contributed by atoms with E-state index in [1.165, 1.54) is 4.90 Å². The first kappa shape index (κ1) is 14.9. The molecule has 0 saturated carbocycles. The van der Waals surface area contributed by atoms with Gasteiger partial charge in [0.15, 0.2) is 0 Å². The van der Waals surface area contributed by atoms with Crippen LogP contribution in [0.1, 0.15) is 32.6 Å². The van der Waals surface area contributed by atoms with Crippen LogP contribution in [0.2, 0.25) is 0 Å². The summed E-state index contributed by atoms with van der Waals surface area (Å²) in [6, 6.07) is 2.04. The minimum Gasteiger partial charge on any atom is -0.388 e. The van der Waals surface area contributed by atoms with Gasteiger partial charge >= 0.3 is 0 Å². The third-order valence-electron chi connectivity index (χ3n) is 3.36. The van der Waals surface area contributed by atoms with Gasteiger partial charge in [-0.05, 0) is 6.42 Å². The molecule has 1 saturated heterocycles. The van der Waals surface area contributed by atoms with Crippen LogP contribution in [-0.2, 0) is 9.53 Å². The van der Waals surface area contributed by atoms with Crippen molar-refractivity contribution in [1.29, 1.82) is 5.26 Å². The van der Waals surface area contributed by atoms with Crippen LogP contribution in [0.5, 0.6) is 0 Å². The monoisotopic (exact) mass is 254 g/mol. The lowest BCUT2D eigenvalue weighted by atomic mass is 9.93. The molecule has 5 nitrogen and oxygen atoms in total. The van der Waals surface area contributed by atoms with Crippen molar-refractivity contribution < 1.29 is 14.6 Å². The van der Waals surface area contributed by atoms with Gasteiger partial charge in [0, 0.05) is 39.6 Å². The van der Waals surface area contributed by atoms with Crippen molar-refractivity contribution in [2.24, 2.45) is 5.92 Å². The first-order valence-corrected chi connectivity index (χ1v) is 6.47. The zero-order valence-electron chi connectivity index (χ0n) is 11.2. The maximum absolute atomic E-state index is 12.0. The molecule has 0 aromatic carbocycles. The highest BCUT2D eigenvalue weighted by Crippen LogP contribution is 2.22. The Morgan fingerprint density at radius 2 is 2.17 bits per heavy atom. The SMILES string of the molecule is CCCC(C#N)C(=O)N(C)CC1(O)CCOCC1. The molecule has 0 aromatic rings. The summed E-state index contributed by atoms with van der Waals surface area (Å²) in [4.78, 5) is 13.5. The van der Waals surface area contributed by atoms with E-state index in [2.05, 4.69) is 0 Å². The molecule has 102 valence electrons. The van der Waals surface area contributed by atoms with Gasteiger partial charge in [-0.3, -0.25) is 4.79 Å². The van der Waals surface area contributed by atoms with Crippen LogP contribution in [0.3, 0.4) is 0 Å². The van der Waals surface area contributed by atoms with Crippen LogP contribution < -0.4 is 0 Å². The molecule has 1 atom stereocenters. The number of nitrogens with zero attached hydrogens (tertiary/aromatic N) is 2. The van der Waals surface area contributed by atoms with Gasteiger partial charge in [0.25, 0.3) is 0 Å². The van der Waals surface area contributed by atoms with Crippen molar-refractivity contribution in [3.05, 3.63) is 0 Å². The van der Waals surface area contributed by atoms with Crippen LogP contribution in [0, 0.1) is 17.2 Å². The lowest BCUT2D eigenvalue weighted by Gasteiger charge is -2.35. The molecule has 5 heteroatoms. The smallest absolute Gasteiger partial charge is 0.239 e. The lowest BCUT2D eigenvalue weighted by Crippen LogP contribution is -2.48. The molecule has 1 heterocycles. The molecule has 18 heavy (non-hydrogen) atoms. The van der Waals surface area contributed by atoms with Gasteiger partial charge in [0.2, 0.25) is 5.91 Å². The average molecular weight is 254 g/mol. The number of carbonyl (C=O) groups excluding carboxylic acids is 1. The second-order valence-corrected chi connectivity index (χ2v) is 5.00. The number of likely N-dealkylation sites (N-methyl/N-ethyl adjacent to an activating group) is 1. The first-order valence-electron chi connectivity index (χ1n) is 6.47. The molecule has 0 radical (unpaired) electrons. The Hall–Kier alpha value is -1.12. The van der Waals surface area contributed by atoms with E-state index in [9.17, 15) is 9.90 Å². The number of ether oxygens (including phenoxy) is 1. The minimum absolute atomic E-state index is 0.195. The van der Waals surface area contributed by atoms with Crippen molar-refractivity contribution in [3.63, 3.8) is 0 Å². The summed E-state index contributed by atoms with van der Waals surface area (Å²) in [6.45, 7) is 3.27. The second kappa shape index (κ2) is 6.72. The van der Waals surface area contributed by atoms with Gasteiger partial charge < -0.3 is 14.7 Å². The van der Waals surface area contributed by atoms with E-state index < -0.39 is 11.5 Å². The van der Waals surface area contributed by atoms with Crippen molar-refractivity contribution in [2.45, 2.75) is 38.2 Å². The molecule has 1 amide bonds. The second-order valence-electron chi connectivity index (χ2n) is 5.00. The molecule has 1 N–H and O–H groups in total. The standard InChI is InChI=1S/C13H22N2O3/c1-3-4-11(9-14)12(16)15(2)10-13(17)5-7-18-8-6-13/h11,17H,3-8,10H2,1-2H3. The third-order valence-corrected chi connectivity index (χ3v) is 3.36. The van der Waals surface area contributed by atoms with E-state index in [4.69, 9.17) is 10.00 Å². The Labute approximate surface area is 108 Å². The van der Waals surface area contributed by atoms with Gasteiger partial charge in [-0.15, -0.1) is 0 Å². The zero-order valence-corrected chi connectivity index (χ0v) is 11.2. The highest BCUT2D eigenvalue weighted by Gasteiger charge is 2.33. The fraction of sp³-hybridized carbons (Fsp3) is 0.846. The number of carbonyl (C=O) groups is 1.